The molecule has 4 nitrogen and oxygen atoms in total. The zero-order chi connectivity index (χ0) is 12.3. The highest BCUT2D eigenvalue weighted by molar-refractivity contribution is 8.68. The molecule has 0 heterocycles. The second-order valence-corrected chi connectivity index (χ2v) is 4.63. The van der Waals surface area contributed by atoms with Crippen molar-refractivity contribution in [3.63, 3.8) is 0 Å². The summed E-state index contributed by atoms with van der Waals surface area (Å²) in [7, 11) is 1.00. The summed E-state index contributed by atoms with van der Waals surface area (Å²) in [6.45, 7) is 0. The summed E-state index contributed by atoms with van der Waals surface area (Å²) >= 11 is 9.41. The Kier molecular flexibility index (Phi) is 4.52. The maximum atomic E-state index is 11.4. The summed E-state index contributed by atoms with van der Waals surface area (Å²) < 4.78 is 0. The van der Waals surface area contributed by atoms with Crippen LogP contribution in [0.2, 0.25) is 5.02 Å². The first kappa shape index (κ1) is 13.2. The standard InChI is InChI=1S/C9H8ClNO3S2/c10-5-1-4(2-6(12)9(5)14)8(11)7(13)3-16-15/h1-2,11-12,14-15H,3H2. The average Bonchev–Trinajstić information content (AvgIpc) is 2.24. The van der Waals surface area contributed by atoms with Crippen molar-refractivity contribution in [1.29, 1.82) is 5.41 Å². The minimum absolute atomic E-state index is 0.0567. The molecule has 0 fully saturated rings. The molecular formula is C9H8ClNO3S2. The highest BCUT2D eigenvalue weighted by Crippen LogP contribution is 2.34. The van der Waals surface area contributed by atoms with Crippen LogP contribution in [0.15, 0.2) is 12.1 Å². The molecule has 3 N–H and O–H groups in total. The molecule has 86 valence electrons. The predicted octanol–water partition coefficient (Wildman–Crippen LogP) is 2.27. The molecule has 0 radical (unpaired) electrons. The topological polar surface area (TPSA) is 81.4 Å². The maximum Gasteiger partial charge on any atom is 0.191 e. The predicted molar refractivity (Wildman–Crippen MR) is 68.1 cm³/mol. The van der Waals surface area contributed by atoms with Crippen LogP contribution >= 0.6 is 34.1 Å². The number of phenolic OH excluding ortho intramolecular Hbond substituents is 2. The van der Waals surface area contributed by atoms with Gasteiger partial charge in [-0.25, -0.2) is 0 Å². The van der Waals surface area contributed by atoms with Crippen LogP contribution in [0, 0.1) is 5.41 Å². The lowest BCUT2D eigenvalue weighted by atomic mass is 10.1. The van der Waals surface area contributed by atoms with Crippen molar-refractivity contribution < 1.29 is 15.0 Å². The van der Waals surface area contributed by atoms with Crippen LogP contribution in [0.3, 0.4) is 0 Å². The van der Waals surface area contributed by atoms with Gasteiger partial charge in [0.25, 0.3) is 0 Å². The van der Waals surface area contributed by atoms with Crippen LogP contribution in [0.4, 0.5) is 0 Å². The molecule has 0 amide bonds. The smallest absolute Gasteiger partial charge is 0.191 e. The SMILES string of the molecule is N=C(C(=O)CSS)c1cc(O)c(O)c(Cl)c1. The number of hydrogen-bond donors (Lipinski definition) is 4. The number of nitrogens with one attached hydrogen (secondary N) is 1. The molecule has 7 heteroatoms. The Morgan fingerprint density at radius 2 is 2.12 bits per heavy atom. The molecule has 0 bridgehead atoms. The molecule has 0 atom stereocenters. The number of Topliss-reactive ketones (excluding diaryl/α,β-unsaturated/α-hetero) is 1. The summed E-state index contributed by atoms with van der Waals surface area (Å²) in [5.41, 5.74) is -0.119. The van der Waals surface area contributed by atoms with Crippen LogP contribution in [-0.4, -0.2) is 27.5 Å². The first-order valence-corrected chi connectivity index (χ1v) is 6.49. The van der Waals surface area contributed by atoms with E-state index in [4.69, 9.17) is 17.0 Å². The van der Waals surface area contributed by atoms with Gasteiger partial charge < -0.3 is 10.2 Å². The van der Waals surface area contributed by atoms with Crippen molar-refractivity contribution in [1.82, 2.24) is 0 Å². The molecule has 0 aliphatic rings. The Bertz CT molecular complexity index is 427. The number of hydrogen-bond acceptors (Lipinski definition) is 6. The van der Waals surface area contributed by atoms with Crippen molar-refractivity contribution in [3.8, 4) is 11.5 Å². The van der Waals surface area contributed by atoms with Gasteiger partial charge in [-0.1, -0.05) is 22.4 Å². The number of carbonyl (C=O) groups is 1. The molecule has 0 saturated heterocycles. The van der Waals surface area contributed by atoms with Crippen molar-refractivity contribution >= 4 is 45.6 Å². The minimum Gasteiger partial charge on any atom is -0.504 e. The first-order chi connectivity index (χ1) is 7.47. The molecule has 1 rings (SSSR count). The second-order valence-electron chi connectivity index (χ2n) is 2.90. The van der Waals surface area contributed by atoms with Crippen molar-refractivity contribution in [2.75, 3.05) is 5.75 Å². The van der Waals surface area contributed by atoms with Crippen molar-refractivity contribution in [2.45, 2.75) is 0 Å². The summed E-state index contributed by atoms with van der Waals surface area (Å²) in [4.78, 5) is 11.4. The van der Waals surface area contributed by atoms with E-state index in [0.717, 1.165) is 16.9 Å². The summed E-state index contributed by atoms with van der Waals surface area (Å²) in [5.74, 6) is -1.30. The molecule has 0 aromatic heterocycles. The van der Waals surface area contributed by atoms with E-state index in [9.17, 15) is 15.0 Å². The van der Waals surface area contributed by atoms with Gasteiger partial charge in [-0.15, -0.1) is 11.7 Å². The van der Waals surface area contributed by atoms with Crippen molar-refractivity contribution in [3.05, 3.63) is 22.7 Å². The molecule has 16 heavy (non-hydrogen) atoms. The van der Waals surface area contributed by atoms with Gasteiger partial charge in [0.05, 0.1) is 10.8 Å². The van der Waals surface area contributed by atoms with Gasteiger partial charge in [-0.3, -0.25) is 10.2 Å². The largest absolute Gasteiger partial charge is 0.504 e. The molecule has 0 aliphatic carbocycles. The summed E-state index contributed by atoms with van der Waals surface area (Å²) in [6, 6.07) is 2.37. The lowest BCUT2D eigenvalue weighted by Gasteiger charge is -2.05. The van der Waals surface area contributed by atoms with Crippen LogP contribution in [0.25, 0.3) is 0 Å². The minimum atomic E-state index is -0.464. The number of phenols is 2. The first-order valence-electron chi connectivity index (χ1n) is 4.07. The van der Waals surface area contributed by atoms with E-state index in [1.165, 1.54) is 6.07 Å². The van der Waals surface area contributed by atoms with Crippen LogP contribution in [-0.2, 0) is 4.79 Å². The third-order valence-electron chi connectivity index (χ3n) is 1.81. The molecule has 1 aromatic rings. The fraction of sp³-hybridized carbons (Fsp3) is 0.111. The number of ketones is 1. The highest BCUT2D eigenvalue weighted by atomic mass is 35.5. The average molecular weight is 278 g/mol. The van der Waals surface area contributed by atoms with E-state index in [2.05, 4.69) is 11.7 Å². The Morgan fingerprint density at radius 3 is 2.62 bits per heavy atom. The number of halogens is 1. The molecule has 0 saturated carbocycles. The lowest BCUT2D eigenvalue weighted by Crippen LogP contribution is -2.15. The number of thiol groups is 1. The lowest BCUT2D eigenvalue weighted by molar-refractivity contribution is -0.110. The quantitative estimate of drug-likeness (QED) is 0.295. The molecule has 0 unspecified atom stereocenters. The van der Waals surface area contributed by atoms with E-state index in [-0.39, 0.29) is 22.1 Å². The fourth-order valence-electron chi connectivity index (χ4n) is 1.02. The number of aromatic hydroxyl groups is 2. The maximum absolute atomic E-state index is 11.4. The fourth-order valence-corrected chi connectivity index (χ4v) is 1.85. The Morgan fingerprint density at radius 1 is 1.50 bits per heavy atom. The van der Waals surface area contributed by atoms with Crippen LogP contribution in [0.5, 0.6) is 11.5 Å². The summed E-state index contributed by atoms with van der Waals surface area (Å²) in [6.07, 6.45) is 0. The zero-order valence-corrected chi connectivity index (χ0v) is 10.4. The molecular weight excluding hydrogens is 270 g/mol. The number of benzene rings is 1. The number of rotatable bonds is 4. The van der Waals surface area contributed by atoms with Crippen molar-refractivity contribution in [2.24, 2.45) is 0 Å². The number of carbonyl (C=O) groups excluding carboxylic acids is 1. The Hall–Kier alpha value is -0.850. The van der Waals surface area contributed by atoms with Gasteiger partial charge in [0.2, 0.25) is 0 Å². The van der Waals surface area contributed by atoms with Gasteiger partial charge in [-0.05, 0) is 12.1 Å². The van der Waals surface area contributed by atoms with E-state index < -0.39 is 17.3 Å². The Balaban J connectivity index is 3.06. The van der Waals surface area contributed by atoms with E-state index in [1.54, 1.807) is 0 Å². The molecule has 0 spiro atoms. The normalized spacial score (nSPS) is 10.1. The third-order valence-corrected chi connectivity index (χ3v) is 2.87. The van der Waals surface area contributed by atoms with E-state index in [1.807, 2.05) is 0 Å². The monoisotopic (exact) mass is 277 g/mol. The molecule has 1 aromatic carbocycles. The zero-order valence-electron chi connectivity index (χ0n) is 7.90. The van der Waals surface area contributed by atoms with Gasteiger partial charge in [0, 0.05) is 5.56 Å². The van der Waals surface area contributed by atoms with Gasteiger partial charge in [-0.2, -0.15) is 0 Å². The Labute approximate surface area is 106 Å². The highest BCUT2D eigenvalue weighted by Gasteiger charge is 2.15. The van der Waals surface area contributed by atoms with E-state index >= 15 is 0 Å². The van der Waals surface area contributed by atoms with E-state index in [0.29, 0.717) is 0 Å². The summed E-state index contributed by atoms with van der Waals surface area (Å²) in [5, 5.41) is 25.9. The van der Waals surface area contributed by atoms with Crippen LogP contribution in [0.1, 0.15) is 5.56 Å². The molecule has 0 aliphatic heterocycles. The van der Waals surface area contributed by atoms with Gasteiger partial charge in [0.1, 0.15) is 5.71 Å². The van der Waals surface area contributed by atoms with Gasteiger partial charge >= 0.3 is 0 Å². The van der Waals surface area contributed by atoms with Crippen LogP contribution < -0.4 is 0 Å². The van der Waals surface area contributed by atoms with Gasteiger partial charge in [0.15, 0.2) is 17.3 Å². The third kappa shape index (κ3) is 2.84. The second kappa shape index (κ2) is 5.47.